The molecule has 0 spiro atoms. The first kappa shape index (κ1) is 26.5. The van der Waals surface area contributed by atoms with Crippen LogP contribution >= 0.6 is 0 Å². The highest BCUT2D eigenvalue weighted by Gasteiger charge is 2.33. The van der Waals surface area contributed by atoms with Gasteiger partial charge in [0.25, 0.3) is 0 Å². The SMILES string of the molecule is Cc1cccc(OC[C@]2(O)COCCN(Cc3cccc(OCCCN4CCCCCC4=O)c3)C2)c1. The second kappa shape index (κ2) is 13.1. The van der Waals surface area contributed by atoms with E-state index in [0.29, 0.717) is 32.7 Å². The van der Waals surface area contributed by atoms with Crippen LogP contribution in [-0.4, -0.2) is 79.0 Å². The molecule has 4 rings (SSSR count). The van der Waals surface area contributed by atoms with Crippen molar-refractivity contribution < 1.29 is 24.1 Å². The Kier molecular flexibility index (Phi) is 9.61. The third kappa shape index (κ3) is 8.22. The number of nitrogens with zero attached hydrogens (tertiary/aromatic N) is 2. The summed E-state index contributed by atoms with van der Waals surface area (Å²) in [6.45, 7) is 7.12. The molecule has 0 radical (unpaired) electrons. The highest BCUT2D eigenvalue weighted by Crippen LogP contribution is 2.21. The average molecular weight is 497 g/mol. The monoisotopic (exact) mass is 496 g/mol. The minimum absolute atomic E-state index is 0.176. The van der Waals surface area contributed by atoms with E-state index >= 15 is 0 Å². The smallest absolute Gasteiger partial charge is 0.222 e. The number of benzene rings is 2. The second-order valence-corrected chi connectivity index (χ2v) is 10.1. The Bertz CT molecular complexity index is 984. The van der Waals surface area contributed by atoms with Crippen molar-refractivity contribution in [3.05, 3.63) is 59.7 Å². The summed E-state index contributed by atoms with van der Waals surface area (Å²) in [5, 5.41) is 11.2. The molecule has 0 bridgehead atoms. The first-order valence-electron chi connectivity index (χ1n) is 13.2. The fourth-order valence-corrected chi connectivity index (χ4v) is 4.85. The fraction of sp³-hybridized carbons (Fsp3) is 0.552. The molecule has 2 aliphatic heterocycles. The summed E-state index contributed by atoms with van der Waals surface area (Å²) in [6.07, 6.45) is 4.76. The number of rotatable bonds is 10. The molecule has 2 aliphatic rings. The summed E-state index contributed by atoms with van der Waals surface area (Å²) in [4.78, 5) is 16.3. The van der Waals surface area contributed by atoms with Gasteiger partial charge in [0.05, 0.1) is 19.8 Å². The van der Waals surface area contributed by atoms with E-state index in [9.17, 15) is 9.90 Å². The largest absolute Gasteiger partial charge is 0.494 e. The lowest BCUT2D eigenvalue weighted by molar-refractivity contribution is -0.130. The average Bonchev–Trinajstić information content (AvgIpc) is 3.18. The van der Waals surface area contributed by atoms with E-state index < -0.39 is 5.60 Å². The zero-order valence-corrected chi connectivity index (χ0v) is 21.5. The minimum Gasteiger partial charge on any atom is -0.494 e. The molecule has 2 fully saturated rings. The number of hydrogen-bond acceptors (Lipinski definition) is 6. The number of aryl methyl sites for hydroxylation is 1. The summed E-state index contributed by atoms with van der Waals surface area (Å²) in [6, 6.07) is 16.0. The topological polar surface area (TPSA) is 71.5 Å². The van der Waals surface area contributed by atoms with Gasteiger partial charge in [0.15, 0.2) is 0 Å². The number of likely N-dealkylation sites (tertiary alicyclic amines) is 1. The lowest BCUT2D eigenvalue weighted by Gasteiger charge is -2.30. The summed E-state index contributed by atoms with van der Waals surface area (Å²) >= 11 is 0. The third-order valence-electron chi connectivity index (χ3n) is 6.75. The molecule has 196 valence electrons. The van der Waals surface area contributed by atoms with Crippen molar-refractivity contribution in [2.24, 2.45) is 0 Å². The van der Waals surface area contributed by atoms with Gasteiger partial charge in [-0.1, -0.05) is 30.7 Å². The van der Waals surface area contributed by atoms with E-state index in [4.69, 9.17) is 14.2 Å². The van der Waals surface area contributed by atoms with Crippen LogP contribution in [0, 0.1) is 6.92 Å². The summed E-state index contributed by atoms with van der Waals surface area (Å²) in [5.41, 5.74) is 1.16. The van der Waals surface area contributed by atoms with Gasteiger partial charge in [0.1, 0.15) is 23.7 Å². The summed E-state index contributed by atoms with van der Waals surface area (Å²) in [5.74, 6) is 1.86. The standard InChI is InChI=1S/C29H40N2O5/c1-24-8-5-10-26(18-24)36-23-29(33)21-30(15-17-34-22-29)20-25-9-6-11-27(19-25)35-16-7-14-31-13-4-2-3-12-28(31)32/h5-6,8-11,18-19,33H,2-4,7,12-17,20-23H2,1H3/t29-/m1/s1. The molecule has 7 nitrogen and oxygen atoms in total. The number of ether oxygens (including phenoxy) is 3. The van der Waals surface area contributed by atoms with Gasteiger partial charge in [0.2, 0.25) is 5.91 Å². The van der Waals surface area contributed by atoms with Gasteiger partial charge in [-0.15, -0.1) is 0 Å². The van der Waals surface area contributed by atoms with Crippen molar-refractivity contribution >= 4 is 5.91 Å². The van der Waals surface area contributed by atoms with Gasteiger partial charge in [-0.3, -0.25) is 9.69 Å². The molecule has 0 unspecified atom stereocenters. The number of aliphatic hydroxyl groups is 1. The minimum atomic E-state index is -1.08. The van der Waals surface area contributed by atoms with E-state index in [-0.39, 0.29) is 19.1 Å². The van der Waals surface area contributed by atoms with E-state index in [1.807, 2.05) is 48.2 Å². The summed E-state index contributed by atoms with van der Waals surface area (Å²) in [7, 11) is 0. The molecular weight excluding hydrogens is 456 g/mol. The van der Waals surface area contributed by atoms with E-state index in [1.54, 1.807) is 0 Å². The molecule has 0 aliphatic carbocycles. The van der Waals surface area contributed by atoms with Gasteiger partial charge >= 0.3 is 0 Å². The highest BCUT2D eigenvalue weighted by molar-refractivity contribution is 5.76. The molecule has 1 N–H and O–H groups in total. The van der Waals surface area contributed by atoms with Crippen LogP contribution in [0.15, 0.2) is 48.5 Å². The maximum Gasteiger partial charge on any atom is 0.222 e. The molecule has 2 saturated heterocycles. The van der Waals surface area contributed by atoms with Gasteiger partial charge in [-0.05, 0) is 61.6 Å². The Labute approximate surface area is 214 Å². The molecule has 1 atom stereocenters. The van der Waals surface area contributed by atoms with Crippen molar-refractivity contribution in [2.75, 3.05) is 52.6 Å². The van der Waals surface area contributed by atoms with Crippen LogP contribution in [0.25, 0.3) is 0 Å². The van der Waals surface area contributed by atoms with Crippen molar-refractivity contribution in [1.29, 1.82) is 0 Å². The quantitative estimate of drug-likeness (QED) is 0.505. The normalized spacial score (nSPS) is 21.6. The Balaban J connectivity index is 1.26. The van der Waals surface area contributed by atoms with Gasteiger partial charge in [-0.25, -0.2) is 0 Å². The molecule has 2 heterocycles. The molecule has 0 aromatic heterocycles. The lowest BCUT2D eigenvalue weighted by Crippen LogP contribution is -2.48. The fourth-order valence-electron chi connectivity index (χ4n) is 4.85. The molecule has 7 heteroatoms. The van der Waals surface area contributed by atoms with E-state index in [2.05, 4.69) is 17.0 Å². The highest BCUT2D eigenvalue weighted by atomic mass is 16.5. The lowest BCUT2D eigenvalue weighted by atomic mass is 10.1. The Morgan fingerprint density at radius 2 is 1.86 bits per heavy atom. The van der Waals surface area contributed by atoms with Crippen LogP contribution in [0.4, 0.5) is 0 Å². The Morgan fingerprint density at radius 3 is 2.72 bits per heavy atom. The van der Waals surface area contributed by atoms with Crippen LogP contribution in [0.5, 0.6) is 11.5 Å². The van der Waals surface area contributed by atoms with E-state index in [0.717, 1.165) is 67.9 Å². The van der Waals surface area contributed by atoms with Gasteiger partial charge in [-0.2, -0.15) is 0 Å². The van der Waals surface area contributed by atoms with Crippen LogP contribution in [-0.2, 0) is 16.1 Å². The van der Waals surface area contributed by atoms with Crippen LogP contribution in [0.1, 0.15) is 43.2 Å². The van der Waals surface area contributed by atoms with Crippen molar-refractivity contribution in [3.8, 4) is 11.5 Å². The number of amides is 1. The molecule has 0 saturated carbocycles. The molecular formula is C29H40N2O5. The van der Waals surface area contributed by atoms with Crippen LogP contribution in [0.3, 0.4) is 0 Å². The zero-order chi connectivity index (χ0) is 25.2. The summed E-state index contributed by atoms with van der Waals surface area (Å²) < 4.78 is 17.6. The maximum absolute atomic E-state index is 12.2. The van der Waals surface area contributed by atoms with Gasteiger partial charge in [0, 0.05) is 39.1 Å². The first-order chi connectivity index (χ1) is 17.5. The molecule has 1 amide bonds. The number of carbonyl (C=O) groups excluding carboxylic acids is 1. The zero-order valence-electron chi connectivity index (χ0n) is 21.5. The molecule has 2 aromatic rings. The van der Waals surface area contributed by atoms with Crippen molar-refractivity contribution in [1.82, 2.24) is 9.80 Å². The number of hydrogen-bond donors (Lipinski definition) is 1. The van der Waals surface area contributed by atoms with E-state index in [1.165, 1.54) is 0 Å². The van der Waals surface area contributed by atoms with Crippen molar-refractivity contribution in [3.63, 3.8) is 0 Å². The number of carbonyl (C=O) groups is 1. The number of β-amino-alcohol motifs (C(OH)–C–C–N with tert-alkyl or cyclic N) is 1. The predicted octanol–water partition coefficient (Wildman–Crippen LogP) is 3.81. The molecule has 2 aromatic carbocycles. The predicted molar refractivity (Wildman–Crippen MR) is 139 cm³/mol. The molecule has 36 heavy (non-hydrogen) atoms. The third-order valence-corrected chi connectivity index (χ3v) is 6.75. The van der Waals surface area contributed by atoms with Gasteiger partial charge < -0.3 is 24.2 Å². The Morgan fingerprint density at radius 1 is 1.03 bits per heavy atom. The van der Waals surface area contributed by atoms with Crippen LogP contribution in [0.2, 0.25) is 0 Å². The Hall–Kier alpha value is -2.61. The van der Waals surface area contributed by atoms with Crippen molar-refractivity contribution in [2.45, 2.75) is 51.2 Å². The maximum atomic E-state index is 12.2. The first-order valence-corrected chi connectivity index (χ1v) is 13.2. The van der Waals surface area contributed by atoms with Crippen LogP contribution < -0.4 is 9.47 Å². The second-order valence-electron chi connectivity index (χ2n) is 10.1.